The van der Waals surface area contributed by atoms with Gasteiger partial charge in [0, 0.05) is 11.4 Å². The number of ether oxygens (including phenoxy) is 2. The Morgan fingerprint density at radius 3 is 2.55 bits per heavy atom. The molecule has 1 N–H and O–H groups in total. The van der Waals surface area contributed by atoms with Gasteiger partial charge in [-0.25, -0.2) is 0 Å². The van der Waals surface area contributed by atoms with E-state index in [4.69, 9.17) is 9.47 Å². The highest BCUT2D eigenvalue weighted by molar-refractivity contribution is 6.06. The van der Waals surface area contributed by atoms with E-state index in [1.807, 2.05) is 73.7 Å². The molecule has 6 heteroatoms. The number of anilines is 2. The normalized spacial score (nSPS) is 16.6. The second-order valence-electron chi connectivity index (χ2n) is 8.46. The van der Waals surface area contributed by atoms with E-state index in [-0.39, 0.29) is 18.2 Å². The number of nitrogens with zero attached hydrogens (tertiary/aromatic N) is 1. The molecular formula is C27H26N2O4. The highest BCUT2D eigenvalue weighted by Gasteiger charge is 2.35. The van der Waals surface area contributed by atoms with E-state index >= 15 is 0 Å². The molecule has 2 heterocycles. The van der Waals surface area contributed by atoms with Crippen molar-refractivity contribution in [1.29, 1.82) is 0 Å². The van der Waals surface area contributed by atoms with Crippen LogP contribution in [0.4, 0.5) is 11.4 Å². The summed E-state index contributed by atoms with van der Waals surface area (Å²) >= 11 is 0. The van der Waals surface area contributed by atoms with Gasteiger partial charge in [-0.05, 0) is 61.2 Å². The number of hydrogen-bond donors (Lipinski definition) is 1. The second-order valence-corrected chi connectivity index (χ2v) is 8.46. The quantitative estimate of drug-likeness (QED) is 0.654. The number of fused-ring (bicyclic) bond motifs is 2. The third-order valence-corrected chi connectivity index (χ3v) is 6.10. The van der Waals surface area contributed by atoms with Crippen LogP contribution in [0.25, 0.3) is 0 Å². The van der Waals surface area contributed by atoms with Crippen LogP contribution in [-0.2, 0) is 22.4 Å². The van der Waals surface area contributed by atoms with E-state index in [0.29, 0.717) is 31.1 Å². The third-order valence-electron chi connectivity index (χ3n) is 6.10. The molecule has 0 radical (unpaired) electrons. The molecule has 0 aliphatic carbocycles. The zero-order valence-corrected chi connectivity index (χ0v) is 18.5. The smallest absolute Gasteiger partial charge is 0.247 e. The number of carbonyl (C=O) groups excluding carboxylic acids is 2. The lowest BCUT2D eigenvalue weighted by Gasteiger charge is -2.36. The second kappa shape index (κ2) is 8.98. The summed E-state index contributed by atoms with van der Waals surface area (Å²) in [7, 11) is 0. The van der Waals surface area contributed by atoms with E-state index in [1.54, 1.807) is 4.90 Å². The van der Waals surface area contributed by atoms with Crippen LogP contribution < -0.4 is 19.7 Å². The van der Waals surface area contributed by atoms with Crippen molar-refractivity contribution in [3.8, 4) is 11.5 Å². The predicted octanol–water partition coefficient (Wildman–Crippen LogP) is 4.30. The molecule has 2 amide bonds. The number of carbonyl (C=O) groups is 2. The van der Waals surface area contributed by atoms with Gasteiger partial charge in [0.25, 0.3) is 0 Å². The third kappa shape index (κ3) is 4.42. The minimum Gasteiger partial charge on any atom is -0.486 e. The van der Waals surface area contributed by atoms with Crippen LogP contribution in [-0.4, -0.2) is 31.1 Å². The first kappa shape index (κ1) is 21.1. The van der Waals surface area contributed by atoms with Crippen LogP contribution in [0, 0.1) is 6.92 Å². The highest BCUT2D eigenvalue weighted by atomic mass is 16.6. The van der Waals surface area contributed by atoms with Gasteiger partial charge in [-0.2, -0.15) is 0 Å². The molecule has 1 unspecified atom stereocenters. The van der Waals surface area contributed by atoms with Gasteiger partial charge in [0.15, 0.2) is 11.5 Å². The Balaban J connectivity index is 1.41. The number of amides is 2. The van der Waals surface area contributed by atoms with Crippen molar-refractivity contribution in [2.45, 2.75) is 32.2 Å². The molecule has 0 bridgehead atoms. The monoisotopic (exact) mass is 442 g/mol. The van der Waals surface area contributed by atoms with Gasteiger partial charge < -0.3 is 14.8 Å². The van der Waals surface area contributed by atoms with Crippen molar-refractivity contribution in [1.82, 2.24) is 0 Å². The minimum absolute atomic E-state index is 0.122. The summed E-state index contributed by atoms with van der Waals surface area (Å²) in [5.74, 6) is 1.04. The fourth-order valence-corrected chi connectivity index (χ4v) is 4.42. The summed E-state index contributed by atoms with van der Waals surface area (Å²) in [6.45, 7) is 3.01. The Kier molecular flexibility index (Phi) is 5.73. The zero-order valence-electron chi connectivity index (χ0n) is 18.5. The van der Waals surface area contributed by atoms with Gasteiger partial charge in [-0.3, -0.25) is 14.5 Å². The van der Waals surface area contributed by atoms with Gasteiger partial charge in [0.2, 0.25) is 11.8 Å². The average Bonchev–Trinajstić information content (AvgIpc) is 2.84. The lowest BCUT2D eigenvalue weighted by molar-refractivity contribution is -0.123. The van der Waals surface area contributed by atoms with Crippen LogP contribution >= 0.6 is 0 Å². The molecule has 1 atom stereocenters. The first-order valence-electron chi connectivity index (χ1n) is 11.2. The molecule has 5 rings (SSSR count). The summed E-state index contributed by atoms with van der Waals surface area (Å²) in [4.78, 5) is 28.5. The van der Waals surface area contributed by atoms with E-state index in [1.165, 1.54) is 0 Å². The van der Waals surface area contributed by atoms with Crippen molar-refractivity contribution in [3.63, 3.8) is 0 Å². The number of aryl methyl sites for hydroxylation is 2. The van der Waals surface area contributed by atoms with E-state index in [2.05, 4.69) is 5.32 Å². The SMILES string of the molecule is Cc1ccc(NC(=O)C2CCc3ccccc3N2C(=O)Cc2ccc3c(c2)OCCO3)cc1. The fourth-order valence-electron chi connectivity index (χ4n) is 4.42. The first-order valence-corrected chi connectivity index (χ1v) is 11.2. The van der Waals surface area contributed by atoms with Gasteiger partial charge in [0.1, 0.15) is 19.3 Å². The summed E-state index contributed by atoms with van der Waals surface area (Å²) < 4.78 is 11.3. The molecule has 0 aromatic heterocycles. The summed E-state index contributed by atoms with van der Waals surface area (Å²) in [6.07, 6.45) is 1.48. The number of rotatable bonds is 4. The molecule has 0 saturated carbocycles. The van der Waals surface area contributed by atoms with Crippen LogP contribution in [0.1, 0.15) is 23.1 Å². The maximum absolute atomic E-state index is 13.6. The van der Waals surface area contributed by atoms with Gasteiger partial charge in [-0.15, -0.1) is 0 Å². The van der Waals surface area contributed by atoms with Crippen molar-refractivity contribution in [3.05, 3.63) is 83.4 Å². The summed E-state index contributed by atoms with van der Waals surface area (Å²) in [5, 5.41) is 2.99. The maximum Gasteiger partial charge on any atom is 0.247 e. The molecule has 0 fully saturated rings. The molecule has 0 saturated heterocycles. The van der Waals surface area contributed by atoms with Crippen LogP contribution in [0.3, 0.4) is 0 Å². The molecule has 33 heavy (non-hydrogen) atoms. The fraction of sp³-hybridized carbons (Fsp3) is 0.259. The number of hydrogen-bond acceptors (Lipinski definition) is 4. The Hall–Kier alpha value is -3.80. The molecule has 3 aromatic carbocycles. The van der Waals surface area contributed by atoms with Crippen molar-refractivity contribution >= 4 is 23.2 Å². The summed E-state index contributed by atoms with van der Waals surface area (Å²) in [6, 6.07) is 20.5. The molecule has 168 valence electrons. The number of nitrogens with one attached hydrogen (secondary N) is 1. The Morgan fingerprint density at radius 1 is 0.970 bits per heavy atom. The van der Waals surface area contributed by atoms with Gasteiger partial charge >= 0.3 is 0 Å². The predicted molar refractivity (Wildman–Crippen MR) is 127 cm³/mol. The lowest BCUT2D eigenvalue weighted by atomic mass is 9.94. The van der Waals surface area contributed by atoms with E-state index in [0.717, 1.165) is 34.5 Å². The van der Waals surface area contributed by atoms with Crippen LogP contribution in [0.2, 0.25) is 0 Å². The molecule has 6 nitrogen and oxygen atoms in total. The molecule has 2 aliphatic heterocycles. The lowest BCUT2D eigenvalue weighted by Crippen LogP contribution is -2.50. The topological polar surface area (TPSA) is 67.9 Å². The Labute approximate surface area is 193 Å². The molecule has 2 aliphatic rings. The van der Waals surface area contributed by atoms with Crippen LogP contribution in [0.5, 0.6) is 11.5 Å². The number of benzene rings is 3. The maximum atomic E-state index is 13.6. The van der Waals surface area contributed by atoms with E-state index in [9.17, 15) is 9.59 Å². The zero-order chi connectivity index (χ0) is 22.8. The summed E-state index contributed by atoms with van der Waals surface area (Å²) in [5.41, 5.74) is 4.55. The first-order chi connectivity index (χ1) is 16.1. The van der Waals surface area contributed by atoms with Crippen molar-refractivity contribution in [2.24, 2.45) is 0 Å². The van der Waals surface area contributed by atoms with E-state index < -0.39 is 6.04 Å². The minimum atomic E-state index is -0.578. The van der Waals surface area contributed by atoms with Gasteiger partial charge in [-0.1, -0.05) is 42.0 Å². The highest BCUT2D eigenvalue weighted by Crippen LogP contribution is 2.34. The van der Waals surface area contributed by atoms with Crippen molar-refractivity contribution < 1.29 is 19.1 Å². The Bertz CT molecular complexity index is 1190. The standard InChI is InChI=1S/C27H26N2O4/c1-18-6-10-21(11-7-18)28-27(31)23-12-9-20-4-2-3-5-22(20)29(23)26(30)17-19-8-13-24-25(16-19)33-15-14-32-24/h2-8,10-11,13,16,23H,9,12,14-15,17H2,1H3,(H,28,31). The largest absolute Gasteiger partial charge is 0.486 e. The molecular weight excluding hydrogens is 416 g/mol. The average molecular weight is 443 g/mol. The number of para-hydroxylation sites is 1. The van der Waals surface area contributed by atoms with Crippen LogP contribution in [0.15, 0.2) is 66.7 Å². The Morgan fingerprint density at radius 2 is 1.73 bits per heavy atom. The van der Waals surface area contributed by atoms with Gasteiger partial charge in [0.05, 0.1) is 6.42 Å². The molecule has 3 aromatic rings. The van der Waals surface area contributed by atoms with Crippen molar-refractivity contribution in [2.75, 3.05) is 23.4 Å². The molecule has 0 spiro atoms.